The van der Waals surface area contributed by atoms with Crippen molar-refractivity contribution in [2.24, 2.45) is 0 Å². The summed E-state index contributed by atoms with van der Waals surface area (Å²) in [5, 5.41) is 10.6. The Bertz CT molecular complexity index is 1270. The summed E-state index contributed by atoms with van der Waals surface area (Å²) < 4.78 is 82.9. The van der Waals surface area contributed by atoms with Gasteiger partial charge in [0.25, 0.3) is 5.82 Å². The normalized spacial score (nSPS) is 12.9. The zero-order chi connectivity index (χ0) is 22.6. The summed E-state index contributed by atoms with van der Waals surface area (Å²) >= 11 is 0. The van der Waals surface area contributed by atoms with E-state index in [1.54, 1.807) is 6.92 Å². The first-order chi connectivity index (χ1) is 14.5. The van der Waals surface area contributed by atoms with Crippen LogP contribution >= 0.6 is 0 Å². The quantitative estimate of drug-likeness (QED) is 0.398. The Morgan fingerprint density at radius 1 is 1.03 bits per heavy atom. The standard InChI is InChI=1S/C20H17F6N5/c1-3-4-5-11-8-14(19(21,22)23)16(31-17(11)28-18(30-31)20(24,25)26)12-6-10(2)15-13(7-12)9-27-29-15/h6-9H,3-5H2,1-2H3,(H,27,29). The highest BCUT2D eigenvalue weighted by Crippen LogP contribution is 2.40. The first-order valence-corrected chi connectivity index (χ1v) is 9.52. The van der Waals surface area contributed by atoms with Crippen LogP contribution in [0.3, 0.4) is 0 Å². The van der Waals surface area contributed by atoms with Crippen LogP contribution in [0.2, 0.25) is 0 Å². The molecule has 31 heavy (non-hydrogen) atoms. The minimum atomic E-state index is -4.89. The average molecular weight is 441 g/mol. The Balaban J connectivity index is 2.11. The number of aryl methyl sites for hydroxylation is 2. The number of aromatic amines is 1. The van der Waals surface area contributed by atoms with E-state index in [9.17, 15) is 26.3 Å². The average Bonchev–Trinajstić information content (AvgIpc) is 3.31. The molecule has 0 radical (unpaired) electrons. The Hall–Kier alpha value is -3.11. The number of hydrogen-bond donors (Lipinski definition) is 1. The molecule has 0 bridgehead atoms. The van der Waals surface area contributed by atoms with Crippen LogP contribution < -0.4 is 0 Å². The molecule has 0 atom stereocenters. The molecule has 0 aliphatic carbocycles. The molecule has 0 aliphatic heterocycles. The van der Waals surface area contributed by atoms with Crippen LogP contribution in [-0.2, 0) is 18.8 Å². The SMILES string of the molecule is CCCCc1cc(C(F)(F)F)c(-c2cc(C)c3[nH]ncc3c2)n2nc(C(F)(F)F)nc12. The maximum atomic E-state index is 14.1. The van der Waals surface area contributed by atoms with Gasteiger partial charge in [0.2, 0.25) is 0 Å². The number of benzene rings is 1. The molecule has 0 fully saturated rings. The van der Waals surface area contributed by atoms with Gasteiger partial charge in [0.1, 0.15) is 0 Å². The van der Waals surface area contributed by atoms with E-state index in [-0.39, 0.29) is 23.2 Å². The van der Waals surface area contributed by atoms with E-state index in [1.165, 1.54) is 18.3 Å². The monoisotopic (exact) mass is 441 g/mol. The summed E-state index contributed by atoms with van der Waals surface area (Å²) in [7, 11) is 0. The summed E-state index contributed by atoms with van der Waals surface area (Å²) in [6.07, 6.45) is -6.96. The highest BCUT2D eigenvalue weighted by atomic mass is 19.4. The fraction of sp³-hybridized carbons (Fsp3) is 0.350. The third-order valence-corrected chi connectivity index (χ3v) is 5.06. The van der Waals surface area contributed by atoms with Crippen LogP contribution in [0.1, 0.15) is 42.3 Å². The maximum absolute atomic E-state index is 14.1. The molecule has 164 valence electrons. The lowest BCUT2D eigenvalue weighted by atomic mass is 9.98. The number of H-pyrrole nitrogens is 1. The van der Waals surface area contributed by atoms with Gasteiger partial charge in [-0.2, -0.15) is 31.4 Å². The Morgan fingerprint density at radius 2 is 1.77 bits per heavy atom. The number of pyridine rings is 1. The van der Waals surface area contributed by atoms with Gasteiger partial charge in [0, 0.05) is 10.9 Å². The van der Waals surface area contributed by atoms with E-state index in [0.29, 0.717) is 33.8 Å². The minimum Gasteiger partial charge on any atom is -0.278 e. The Labute approximate surface area is 172 Å². The van der Waals surface area contributed by atoms with Crippen LogP contribution in [0, 0.1) is 6.92 Å². The van der Waals surface area contributed by atoms with Gasteiger partial charge in [-0.1, -0.05) is 13.3 Å². The Kier molecular flexibility index (Phi) is 4.94. The van der Waals surface area contributed by atoms with E-state index >= 15 is 0 Å². The lowest BCUT2D eigenvalue weighted by Crippen LogP contribution is -2.13. The summed E-state index contributed by atoms with van der Waals surface area (Å²) in [5.74, 6) is -1.48. The number of hydrogen-bond acceptors (Lipinski definition) is 3. The number of alkyl halides is 6. The topological polar surface area (TPSA) is 58.9 Å². The van der Waals surface area contributed by atoms with E-state index in [0.717, 1.165) is 6.07 Å². The molecular weight excluding hydrogens is 424 g/mol. The van der Waals surface area contributed by atoms with Gasteiger partial charge in [-0.15, -0.1) is 5.10 Å². The molecule has 0 aliphatic rings. The number of unbranched alkanes of at least 4 members (excludes halogenated alkanes) is 1. The fourth-order valence-electron chi connectivity index (χ4n) is 3.63. The third-order valence-electron chi connectivity index (χ3n) is 5.06. The molecular formula is C20H17F6N5. The molecule has 0 saturated carbocycles. The van der Waals surface area contributed by atoms with Gasteiger partial charge in [0.15, 0.2) is 5.65 Å². The molecule has 0 unspecified atom stereocenters. The van der Waals surface area contributed by atoms with Crippen LogP contribution in [0.15, 0.2) is 24.4 Å². The smallest absolute Gasteiger partial charge is 0.278 e. The van der Waals surface area contributed by atoms with E-state index in [2.05, 4.69) is 20.3 Å². The first kappa shape index (κ1) is 21.1. The number of nitrogens with zero attached hydrogens (tertiary/aromatic N) is 4. The summed E-state index contributed by atoms with van der Waals surface area (Å²) in [5.41, 5.74) is -0.413. The van der Waals surface area contributed by atoms with E-state index in [1.807, 2.05) is 6.92 Å². The summed E-state index contributed by atoms with van der Waals surface area (Å²) in [6, 6.07) is 3.80. The second-order valence-electron chi connectivity index (χ2n) is 7.33. The highest BCUT2D eigenvalue weighted by Gasteiger charge is 2.40. The predicted molar refractivity (Wildman–Crippen MR) is 101 cm³/mol. The van der Waals surface area contributed by atoms with Gasteiger partial charge < -0.3 is 0 Å². The van der Waals surface area contributed by atoms with Gasteiger partial charge >= 0.3 is 12.4 Å². The van der Waals surface area contributed by atoms with Gasteiger partial charge in [-0.05, 0) is 49.1 Å². The molecule has 11 heteroatoms. The maximum Gasteiger partial charge on any atom is 0.453 e. The second-order valence-corrected chi connectivity index (χ2v) is 7.33. The van der Waals surface area contributed by atoms with Gasteiger partial charge in [-0.25, -0.2) is 9.50 Å². The van der Waals surface area contributed by atoms with Crippen molar-refractivity contribution in [3.05, 3.63) is 46.9 Å². The molecule has 4 rings (SSSR count). The van der Waals surface area contributed by atoms with Crippen molar-refractivity contribution in [1.82, 2.24) is 24.8 Å². The molecule has 5 nitrogen and oxygen atoms in total. The van der Waals surface area contributed by atoms with Crippen molar-refractivity contribution in [3.8, 4) is 11.3 Å². The molecule has 1 N–H and O–H groups in total. The van der Waals surface area contributed by atoms with Gasteiger partial charge in [0.05, 0.1) is 23.0 Å². The van der Waals surface area contributed by atoms with Crippen LogP contribution in [0.5, 0.6) is 0 Å². The van der Waals surface area contributed by atoms with Crippen molar-refractivity contribution < 1.29 is 26.3 Å². The lowest BCUT2D eigenvalue weighted by Gasteiger charge is -2.17. The molecule has 3 heterocycles. The fourth-order valence-corrected chi connectivity index (χ4v) is 3.63. The van der Waals surface area contributed by atoms with Crippen LogP contribution in [-0.4, -0.2) is 24.8 Å². The first-order valence-electron chi connectivity index (χ1n) is 9.52. The van der Waals surface area contributed by atoms with E-state index in [4.69, 9.17) is 0 Å². The van der Waals surface area contributed by atoms with Crippen molar-refractivity contribution >= 4 is 16.6 Å². The minimum absolute atomic E-state index is 0.0713. The summed E-state index contributed by atoms with van der Waals surface area (Å²) in [6.45, 7) is 3.51. The van der Waals surface area contributed by atoms with E-state index < -0.39 is 29.4 Å². The number of fused-ring (bicyclic) bond motifs is 2. The Morgan fingerprint density at radius 3 is 2.42 bits per heavy atom. The molecule has 1 aromatic carbocycles. The highest BCUT2D eigenvalue weighted by molar-refractivity contribution is 5.87. The van der Waals surface area contributed by atoms with Crippen LogP contribution in [0.4, 0.5) is 26.3 Å². The lowest BCUT2D eigenvalue weighted by molar-refractivity contribution is -0.144. The van der Waals surface area contributed by atoms with Crippen molar-refractivity contribution in [2.45, 2.75) is 45.5 Å². The van der Waals surface area contributed by atoms with Crippen molar-refractivity contribution in [1.29, 1.82) is 0 Å². The molecule has 3 aromatic heterocycles. The predicted octanol–water partition coefficient (Wildman–Crippen LogP) is 5.96. The molecule has 0 amide bonds. The molecule has 4 aromatic rings. The largest absolute Gasteiger partial charge is 0.453 e. The number of aromatic nitrogens is 5. The molecule has 0 saturated heterocycles. The zero-order valence-corrected chi connectivity index (χ0v) is 16.5. The second kappa shape index (κ2) is 7.24. The number of halogens is 6. The number of nitrogens with one attached hydrogen (secondary N) is 1. The zero-order valence-electron chi connectivity index (χ0n) is 16.5. The third kappa shape index (κ3) is 3.72. The van der Waals surface area contributed by atoms with Crippen LogP contribution in [0.25, 0.3) is 27.8 Å². The van der Waals surface area contributed by atoms with Gasteiger partial charge in [-0.3, -0.25) is 5.10 Å². The number of rotatable bonds is 4. The summed E-state index contributed by atoms with van der Waals surface area (Å²) in [4.78, 5) is 3.56. The molecule has 0 spiro atoms. The van der Waals surface area contributed by atoms with Crippen molar-refractivity contribution in [2.75, 3.05) is 0 Å². The van der Waals surface area contributed by atoms with Crippen molar-refractivity contribution in [3.63, 3.8) is 0 Å².